The third-order valence-electron chi connectivity index (χ3n) is 8.19. The van der Waals surface area contributed by atoms with Crippen LogP contribution in [0.4, 0.5) is 26.3 Å². The Morgan fingerprint density at radius 2 is 0.933 bits per heavy atom. The first-order chi connectivity index (χ1) is 21.0. The third-order valence-corrected chi connectivity index (χ3v) is 8.19. The lowest BCUT2D eigenvalue weighted by atomic mass is 9.85. The van der Waals surface area contributed by atoms with E-state index in [9.17, 15) is 26.3 Å². The van der Waals surface area contributed by atoms with E-state index in [0.29, 0.717) is 33.4 Å². The zero-order valence-electron chi connectivity index (χ0n) is 25.5. The predicted octanol–water partition coefficient (Wildman–Crippen LogP) is 12.1. The van der Waals surface area contributed by atoms with Crippen LogP contribution >= 0.6 is 0 Å². The number of aryl methyl sites for hydroxylation is 2. The summed E-state index contributed by atoms with van der Waals surface area (Å²) >= 11 is 0. The minimum atomic E-state index is -4.49. The number of fused-ring (bicyclic) bond motifs is 3. The lowest BCUT2D eigenvalue weighted by molar-refractivity contribution is -0.138. The van der Waals surface area contributed by atoms with Crippen LogP contribution in [0.5, 0.6) is 0 Å². The van der Waals surface area contributed by atoms with Gasteiger partial charge in [-0.15, -0.1) is 0 Å². The molecular formula is C38H31F6N. The number of rotatable bonds is 3. The Balaban J connectivity index is 1.66. The summed E-state index contributed by atoms with van der Waals surface area (Å²) < 4.78 is 84.4. The van der Waals surface area contributed by atoms with E-state index >= 15 is 0 Å². The molecule has 45 heavy (non-hydrogen) atoms. The molecule has 0 atom stereocenters. The molecule has 0 aliphatic carbocycles. The van der Waals surface area contributed by atoms with E-state index in [0.717, 1.165) is 57.3 Å². The standard InChI is InChI=1S/C38H31F6N/c1-22-14-26(18-28(16-22)37(39,40)41)24-10-12-33-30(20-24)31-21-25(27-15-23(2)17-29(19-27)38(42,43)44)11-13-34(31)45(33)35-9-7-6-8-32(35)36(3,4)5/h6-21H,1-5H3. The van der Waals surface area contributed by atoms with Crippen molar-refractivity contribution < 1.29 is 26.3 Å². The zero-order chi connectivity index (χ0) is 32.5. The first-order valence-corrected chi connectivity index (χ1v) is 14.6. The molecule has 0 unspecified atom stereocenters. The molecule has 1 heterocycles. The summed E-state index contributed by atoms with van der Waals surface area (Å²) in [6.45, 7) is 9.65. The summed E-state index contributed by atoms with van der Waals surface area (Å²) in [5, 5.41) is 1.57. The lowest BCUT2D eigenvalue weighted by Gasteiger charge is -2.24. The van der Waals surface area contributed by atoms with Crippen LogP contribution in [-0.2, 0) is 17.8 Å². The maximum Gasteiger partial charge on any atom is 0.416 e. The van der Waals surface area contributed by atoms with Crippen LogP contribution in [0, 0.1) is 13.8 Å². The summed E-state index contributed by atoms with van der Waals surface area (Å²) in [5.41, 5.74) is 5.15. The lowest BCUT2D eigenvalue weighted by Crippen LogP contribution is -2.15. The van der Waals surface area contributed by atoms with Crippen LogP contribution in [0.2, 0.25) is 0 Å². The summed E-state index contributed by atoms with van der Waals surface area (Å²) in [4.78, 5) is 0. The summed E-state index contributed by atoms with van der Waals surface area (Å²) in [5.74, 6) is 0. The Kier molecular flexibility index (Phi) is 7.14. The van der Waals surface area contributed by atoms with Gasteiger partial charge in [0.1, 0.15) is 0 Å². The SMILES string of the molecule is Cc1cc(-c2ccc3c(c2)c2cc(-c4cc(C)cc(C(F)(F)F)c4)ccc2n3-c2ccccc2C(C)(C)C)cc(C(F)(F)F)c1. The number of aromatic nitrogens is 1. The van der Waals surface area contributed by atoms with Gasteiger partial charge in [-0.1, -0.05) is 63.2 Å². The van der Waals surface area contributed by atoms with E-state index in [4.69, 9.17) is 0 Å². The fraction of sp³-hybridized carbons (Fsp3) is 0.211. The molecule has 0 spiro atoms. The van der Waals surface area contributed by atoms with Crippen molar-refractivity contribution in [2.24, 2.45) is 0 Å². The quantitative estimate of drug-likeness (QED) is 0.175. The van der Waals surface area contributed by atoms with E-state index in [1.807, 2.05) is 54.6 Å². The molecule has 230 valence electrons. The van der Waals surface area contributed by atoms with Gasteiger partial charge in [-0.25, -0.2) is 0 Å². The van der Waals surface area contributed by atoms with Gasteiger partial charge in [0, 0.05) is 16.5 Å². The topological polar surface area (TPSA) is 4.93 Å². The van der Waals surface area contributed by atoms with Gasteiger partial charge < -0.3 is 4.57 Å². The van der Waals surface area contributed by atoms with Crippen molar-refractivity contribution in [3.8, 4) is 27.9 Å². The predicted molar refractivity (Wildman–Crippen MR) is 170 cm³/mol. The number of benzene rings is 5. The molecule has 0 aliphatic rings. The van der Waals surface area contributed by atoms with E-state index in [2.05, 4.69) is 31.4 Å². The Labute approximate surface area is 257 Å². The molecule has 0 radical (unpaired) electrons. The number of hydrogen-bond acceptors (Lipinski definition) is 0. The maximum absolute atomic E-state index is 13.7. The van der Waals surface area contributed by atoms with Crippen LogP contribution < -0.4 is 0 Å². The van der Waals surface area contributed by atoms with Gasteiger partial charge in [-0.3, -0.25) is 0 Å². The highest BCUT2D eigenvalue weighted by atomic mass is 19.4. The molecule has 1 nitrogen and oxygen atoms in total. The van der Waals surface area contributed by atoms with Crippen LogP contribution in [0.15, 0.2) is 97.1 Å². The highest BCUT2D eigenvalue weighted by molar-refractivity contribution is 6.11. The Morgan fingerprint density at radius 1 is 0.489 bits per heavy atom. The summed E-state index contributed by atoms with van der Waals surface area (Å²) in [7, 11) is 0. The third kappa shape index (κ3) is 5.72. The van der Waals surface area contributed by atoms with E-state index < -0.39 is 23.5 Å². The number of halogens is 6. The van der Waals surface area contributed by atoms with Crippen LogP contribution in [0.25, 0.3) is 49.7 Å². The van der Waals surface area contributed by atoms with Crippen molar-refractivity contribution in [2.45, 2.75) is 52.4 Å². The molecule has 6 rings (SSSR count). The van der Waals surface area contributed by atoms with Gasteiger partial charge in [-0.05, 0) is 113 Å². The van der Waals surface area contributed by atoms with Crippen molar-refractivity contribution in [1.82, 2.24) is 4.57 Å². The average Bonchev–Trinajstić information content (AvgIpc) is 3.28. The summed E-state index contributed by atoms with van der Waals surface area (Å²) in [6.07, 6.45) is -8.98. The van der Waals surface area contributed by atoms with Crippen LogP contribution in [-0.4, -0.2) is 4.57 Å². The van der Waals surface area contributed by atoms with Gasteiger partial charge in [-0.2, -0.15) is 26.3 Å². The minimum Gasteiger partial charge on any atom is -0.309 e. The molecule has 0 N–H and O–H groups in total. The molecule has 6 aromatic rings. The molecule has 0 saturated carbocycles. The Bertz CT molecular complexity index is 1970. The van der Waals surface area contributed by atoms with Crippen LogP contribution in [0.3, 0.4) is 0 Å². The molecule has 0 saturated heterocycles. The molecule has 7 heteroatoms. The number of para-hydroxylation sites is 1. The molecule has 1 aromatic heterocycles. The second kappa shape index (κ2) is 10.5. The maximum atomic E-state index is 13.7. The van der Waals surface area contributed by atoms with Crippen molar-refractivity contribution >= 4 is 21.8 Å². The fourth-order valence-electron chi connectivity index (χ4n) is 6.17. The zero-order valence-corrected chi connectivity index (χ0v) is 25.5. The molecule has 0 bridgehead atoms. The molecule has 5 aromatic carbocycles. The second-order valence-corrected chi connectivity index (χ2v) is 12.7. The number of alkyl halides is 6. The minimum absolute atomic E-state index is 0.204. The highest BCUT2D eigenvalue weighted by Gasteiger charge is 2.32. The van der Waals surface area contributed by atoms with Gasteiger partial charge >= 0.3 is 12.4 Å². The first kappa shape index (κ1) is 30.5. The fourth-order valence-corrected chi connectivity index (χ4v) is 6.17. The van der Waals surface area contributed by atoms with Crippen molar-refractivity contribution in [2.75, 3.05) is 0 Å². The smallest absolute Gasteiger partial charge is 0.309 e. The van der Waals surface area contributed by atoms with Crippen molar-refractivity contribution in [3.63, 3.8) is 0 Å². The number of hydrogen-bond donors (Lipinski definition) is 0. The summed E-state index contributed by atoms with van der Waals surface area (Å²) in [6, 6.07) is 27.3. The van der Waals surface area contributed by atoms with E-state index in [1.54, 1.807) is 26.0 Å². The monoisotopic (exact) mass is 615 g/mol. The van der Waals surface area contributed by atoms with Gasteiger partial charge in [0.15, 0.2) is 0 Å². The first-order valence-electron chi connectivity index (χ1n) is 14.6. The molecule has 0 fully saturated rings. The van der Waals surface area contributed by atoms with E-state index in [-0.39, 0.29) is 5.41 Å². The normalized spacial score (nSPS) is 12.8. The highest BCUT2D eigenvalue weighted by Crippen LogP contribution is 2.41. The molecular weight excluding hydrogens is 584 g/mol. The molecule has 0 aliphatic heterocycles. The Hall–Kier alpha value is -4.52. The van der Waals surface area contributed by atoms with Gasteiger partial charge in [0.25, 0.3) is 0 Å². The van der Waals surface area contributed by atoms with Gasteiger partial charge in [0.2, 0.25) is 0 Å². The van der Waals surface area contributed by atoms with E-state index in [1.165, 1.54) is 0 Å². The average molecular weight is 616 g/mol. The van der Waals surface area contributed by atoms with Crippen molar-refractivity contribution in [1.29, 1.82) is 0 Å². The van der Waals surface area contributed by atoms with Crippen LogP contribution in [0.1, 0.15) is 48.6 Å². The molecule has 0 amide bonds. The van der Waals surface area contributed by atoms with Gasteiger partial charge in [0.05, 0.1) is 22.2 Å². The Morgan fingerprint density at radius 3 is 1.36 bits per heavy atom. The van der Waals surface area contributed by atoms with Crippen molar-refractivity contribution in [3.05, 3.63) is 125 Å². The largest absolute Gasteiger partial charge is 0.416 e. The number of nitrogens with zero attached hydrogens (tertiary/aromatic N) is 1. The second-order valence-electron chi connectivity index (χ2n) is 12.7.